The molecular weight excluding hydrogens is 418 g/mol. The number of esters is 1. The van der Waals surface area contributed by atoms with Crippen molar-refractivity contribution in [1.29, 1.82) is 0 Å². The van der Waals surface area contributed by atoms with Crippen LogP contribution < -0.4 is 4.74 Å². The van der Waals surface area contributed by atoms with Crippen molar-refractivity contribution in [3.05, 3.63) is 70.9 Å². The molecule has 0 atom stereocenters. The van der Waals surface area contributed by atoms with E-state index in [-0.39, 0.29) is 5.97 Å². The molecule has 6 heteroatoms. The number of ether oxygens (including phenoxy) is 2. The van der Waals surface area contributed by atoms with E-state index in [2.05, 4.69) is 10.6 Å². The fourth-order valence-corrected chi connectivity index (χ4v) is 5.12. The summed E-state index contributed by atoms with van der Waals surface area (Å²) in [6.45, 7) is 2.13. The van der Waals surface area contributed by atoms with Crippen LogP contribution in [-0.4, -0.2) is 24.3 Å². The van der Waals surface area contributed by atoms with E-state index in [0.717, 1.165) is 38.0 Å². The van der Waals surface area contributed by atoms with E-state index in [1.165, 1.54) is 0 Å². The van der Waals surface area contributed by atoms with Gasteiger partial charge >= 0.3 is 5.97 Å². The number of aromatic nitrogens is 1. The fraction of sp³-hybridized carbons (Fsp3) is 0.208. The summed E-state index contributed by atoms with van der Waals surface area (Å²) in [5, 5.41) is 3.58. The molecule has 0 fully saturated rings. The second kappa shape index (κ2) is 8.62. The molecule has 0 N–H and O–H groups in total. The number of methoxy groups -OCH3 is 1. The molecule has 1 heterocycles. The van der Waals surface area contributed by atoms with Crippen molar-refractivity contribution in [1.82, 2.24) is 4.57 Å². The van der Waals surface area contributed by atoms with Crippen LogP contribution >= 0.6 is 23.4 Å². The molecular formula is C24H22ClNO3S. The van der Waals surface area contributed by atoms with E-state index < -0.39 is 0 Å². The standard InChI is InChI=1S/C24H22ClNO3S/c1-4-29-24(27)22-17-13-20(28-3)15-9-5-6-10-16(15)23(17)26(2)19(22)14-30-21-12-8-7-11-18(21)25/h5-13H,4,14H2,1-3H3. The first kappa shape index (κ1) is 20.6. The Morgan fingerprint density at radius 3 is 2.47 bits per heavy atom. The number of hydrogen-bond donors (Lipinski definition) is 0. The quantitative estimate of drug-likeness (QED) is 0.255. The molecule has 4 aromatic rings. The molecule has 0 aliphatic heterocycles. The van der Waals surface area contributed by atoms with Gasteiger partial charge in [-0.25, -0.2) is 4.79 Å². The third-order valence-electron chi connectivity index (χ3n) is 5.18. The lowest BCUT2D eigenvalue weighted by Gasteiger charge is -2.09. The molecule has 0 bridgehead atoms. The van der Waals surface area contributed by atoms with Gasteiger partial charge < -0.3 is 14.0 Å². The van der Waals surface area contributed by atoms with E-state index in [1.54, 1.807) is 18.9 Å². The zero-order valence-electron chi connectivity index (χ0n) is 17.1. The summed E-state index contributed by atoms with van der Waals surface area (Å²) in [6.07, 6.45) is 0. The number of nitrogens with zero attached hydrogens (tertiary/aromatic N) is 1. The van der Waals surface area contributed by atoms with Crippen molar-refractivity contribution < 1.29 is 14.3 Å². The van der Waals surface area contributed by atoms with Gasteiger partial charge in [-0.1, -0.05) is 48.0 Å². The van der Waals surface area contributed by atoms with Crippen LogP contribution in [0.5, 0.6) is 5.75 Å². The number of carbonyl (C=O) groups excluding carboxylic acids is 1. The highest BCUT2D eigenvalue weighted by Gasteiger charge is 2.25. The zero-order chi connectivity index (χ0) is 21.3. The number of halogens is 1. The van der Waals surface area contributed by atoms with E-state index >= 15 is 0 Å². The lowest BCUT2D eigenvalue weighted by atomic mass is 10.0. The average Bonchev–Trinajstić information content (AvgIpc) is 3.04. The Bertz CT molecular complexity index is 1250. The molecule has 0 saturated carbocycles. The molecule has 0 amide bonds. The monoisotopic (exact) mass is 439 g/mol. The van der Waals surface area contributed by atoms with E-state index in [9.17, 15) is 4.79 Å². The molecule has 0 unspecified atom stereocenters. The normalized spacial score (nSPS) is 11.2. The number of fused-ring (bicyclic) bond motifs is 3. The minimum atomic E-state index is -0.324. The van der Waals surface area contributed by atoms with Gasteiger partial charge in [0.05, 0.1) is 29.8 Å². The zero-order valence-corrected chi connectivity index (χ0v) is 18.6. The predicted octanol–water partition coefficient (Wildman–Crippen LogP) is 6.46. The molecule has 154 valence electrons. The molecule has 0 aliphatic carbocycles. The summed E-state index contributed by atoms with van der Waals surface area (Å²) in [4.78, 5) is 14.0. The minimum Gasteiger partial charge on any atom is -0.496 e. The Hall–Kier alpha value is -2.63. The van der Waals surface area contributed by atoms with Crippen molar-refractivity contribution in [3.63, 3.8) is 0 Å². The first-order valence-electron chi connectivity index (χ1n) is 9.68. The van der Waals surface area contributed by atoms with Crippen molar-refractivity contribution in [2.45, 2.75) is 17.6 Å². The Kier molecular flexibility index (Phi) is 5.93. The smallest absolute Gasteiger partial charge is 0.340 e. The lowest BCUT2D eigenvalue weighted by molar-refractivity contribution is 0.0527. The second-order valence-electron chi connectivity index (χ2n) is 6.84. The first-order chi connectivity index (χ1) is 14.6. The van der Waals surface area contributed by atoms with Gasteiger partial charge in [-0.05, 0) is 25.1 Å². The molecule has 0 radical (unpaired) electrons. The average molecular weight is 440 g/mol. The Labute approximate surface area is 184 Å². The third-order valence-corrected chi connectivity index (χ3v) is 6.70. The molecule has 30 heavy (non-hydrogen) atoms. The van der Waals surface area contributed by atoms with Gasteiger partial charge in [0.15, 0.2) is 0 Å². The van der Waals surface area contributed by atoms with E-state index in [1.807, 2.05) is 62.5 Å². The molecule has 1 aromatic heterocycles. The van der Waals surface area contributed by atoms with Crippen LogP contribution in [0.15, 0.2) is 59.5 Å². The van der Waals surface area contributed by atoms with Gasteiger partial charge in [-0.15, -0.1) is 11.8 Å². The molecule has 0 spiro atoms. The largest absolute Gasteiger partial charge is 0.496 e. The number of aryl methyl sites for hydroxylation is 1. The summed E-state index contributed by atoms with van der Waals surface area (Å²) in [5.74, 6) is 0.995. The van der Waals surface area contributed by atoms with Gasteiger partial charge in [0.25, 0.3) is 0 Å². The number of benzene rings is 3. The summed E-state index contributed by atoms with van der Waals surface area (Å²) < 4.78 is 13.2. The van der Waals surface area contributed by atoms with E-state index in [4.69, 9.17) is 21.1 Å². The highest BCUT2D eigenvalue weighted by Crippen LogP contribution is 2.40. The number of rotatable bonds is 6. The third kappa shape index (κ3) is 3.53. The SMILES string of the molecule is CCOC(=O)c1c(CSc2ccccc2Cl)n(C)c2c1cc(OC)c1ccccc12. The summed E-state index contributed by atoms with van der Waals surface area (Å²) in [7, 11) is 3.64. The Morgan fingerprint density at radius 2 is 1.77 bits per heavy atom. The van der Waals surface area contributed by atoms with Crippen LogP contribution in [0.3, 0.4) is 0 Å². The predicted molar refractivity (Wildman–Crippen MR) is 124 cm³/mol. The maximum atomic E-state index is 13.0. The highest BCUT2D eigenvalue weighted by molar-refractivity contribution is 7.98. The van der Waals surface area contributed by atoms with E-state index in [0.29, 0.717) is 22.9 Å². The molecule has 0 aliphatic rings. The molecule has 4 nitrogen and oxygen atoms in total. The molecule has 0 saturated heterocycles. The summed E-state index contributed by atoms with van der Waals surface area (Å²) in [5.41, 5.74) is 2.47. The number of thioether (sulfide) groups is 1. The van der Waals surface area contributed by atoms with Gasteiger partial charge in [0.2, 0.25) is 0 Å². The maximum Gasteiger partial charge on any atom is 0.340 e. The van der Waals surface area contributed by atoms with Gasteiger partial charge in [0, 0.05) is 39.5 Å². The van der Waals surface area contributed by atoms with Crippen LogP contribution in [0.4, 0.5) is 0 Å². The van der Waals surface area contributed by atoms with Crippen molar-refractivity contribution in [2.24, 2.45) is 7.05 Å². The molecule has 4 rings (SSSR count). The van der Waals surface area contributed by atoms with Crippen molar-refractivity contribution >= 4 is 51.0 Å². The minimum absolute atomic E-state index is 0.317. The molecule has 3 aromatic carbocycles. The van der Waals surface area contributed by atoms with Crippen molar-refractivity contribution in [3.8, 4) is 5.75 Å². The topological polar surface area (TPSA) is 40.5 Å². The van der Waals surface area contributed by atoms with Gasteiger partial charge in [0.1, 0.15) is 5.75 Å². The summed E-state index contributed by atoms with van der Waals surface area (Å²) >= 11 is 7.95. The number of carbonyl (C=O) groups is 1. The summed E-state index contributed by atoms with van der Waals surface area (Å²) in [6, 6.07) is 17.7. The van der Waals surface area contributed by atoms with Crippen LogP contribution in [0.1, 0.15) is 23.0 Å². The highest BCUT2D eigenvalue weighted by atomic mass is 35.5. The van der Waals surface area contributed by atoms with Gasteiger partial charge in [-0.3, -0.25) is 0 Å². The maximum absolute atomic E-state index is 13.0. The van der Waals surface area contributed by atoms with Crippen LogP contribution in [0.2, 0.25) is 5.02 Å². The number of hydrogen-bond acceptors (Lipinski definition) is 4. The van der Waals surface area contributed by atoms with Gasteiger partial charge in [-0.2, -0.15) is 0 Å². The van der Waals surface area contributed by atoms with Crippen LogP contribution in [-0.2, 0) is 17.5 Å². The van der Waals surface area contributed by atoms with Crippen LogP contribution in [0, 0.1) is 0 Å². The Balaban J connectivity index is 1.95. The Morgan fingerprint density at radius 1 is 1.07 bits per heavy atom. The lowest BCUT2D eigenvalue weighted by Crippen LogP contribution is -2.08. The first-order valence-corrected chi connectivity index (χ1v) is 11.0. The van der Waals surface area contributed by atoms with Crippen molar-refractivity contribution in [2.75, 3.05) is 13.7 Å². The second-order valence-corrected chi connectivity index (χ2v) is 8.27. The van der Waals surface area contributed by atoms with Crippen LogP contribution in [0.25, 0.3) is 21.7 Å². The fourth-order valence-electron chi connectivity index (χ4n) is 3.81.